The first-order valence-electron chi connectivity index (χ1n) is 8.61. The van der Waals surface area contributed by atoms with E-state index < -0.39 is 30.1 Å². The molecule has 10 heteroatoms. The topological polar surface area (TPSA) is 87.2 Å². The van der Waals surface area contributed by atoms with Crippen molar-refractivity contribution in [2.75, 3.05) is 26.2 Å². The van der Waals surface area contributed by atoms with E-state index in [9.17, 15) is 27.6 Å². The molecule has 1 aliphatic heterocycles. The zero-order valence-corrected chi connectivity index (χ0v) is 15.5. The summed E-state index contributed by atoms with van der Waals surface area (Å²) in [6.45, 7) is 3.83. The van der Waals surface area contributed by atoms with Crippen LogP contribution in [0.5, 0.6) is 0 Å². The Morgan fingerprint density at radius 2 is 1.79 bits per heavy atom. The molecule has 1 unspecified atom stereocenters. The van der Waals surface area contributed by atoms with Crippen molar-refractivity contribution in [3.05, 3.63) is 34.9 Å². The number of carbonyl (C=O) groups excluding carboxylic acids is 2. The van der Waals surface area contributed by atoms with Gasteiger partial charge < -0.3 is 14.7 Å². The molecule has 0 spiro atoms. The zero-order chi connectivity index (χ0) is 21.1. The largest absolute Gasteiger partial charge is 0.475 e. The molecule has 154 valence electrons. The molecule has 1 fully saturated rings. The molecule has 1 amide bonds. The molecule has 0 aromatic heterocycles. The Morgan fingerprint density at radius 1 is 1.18 bits per heavy atom. The van der Waals surface area contributed by atoms with Gasteiger partial charge in [0, 0.05) is 38.3 Å². The summed E-state index contributed by atoms with van der Waals surface area (Å²) in [5.41, 5.74) is 1.40. The fourth-order valence-corrected chi connectivity index (χ4v) is 2.78. The van der Waals surface area contributed by atoms with Crippen LogP contribution in [0, 0.1) is 6.92 Å². The third-order valence-corrected chi connectivity index (χ3v) is 4.47. The highest BCUT2D eigenvalue weighted by molar-refractivity contribution is 6.40. The molecule has 28 heavy (non-hydrogen) atoms. The molecule has 1 aromatic rings. The fraction of sp³-hybridized carbons (Fsp3) is 0.500. The number of aliphatic carboxylic acids is 1. The van der Waals surface area contributed by atoms with Crippen LogP contribution in [0.25, 0.3) is 0 Å². The van der Waals surface area contributed by atoms with Gasteiger partial charge in [-0.05, 0) is 25.5 Å². The summed E-state index contributed by atoms with van der Waals surface area (Å²) in [5.74, 6) is -2.54. The van der Waals surface area contributed by atoms with Gasteiger partial charge in [-0.1, -0.05) is 17.7 Å². The minimum Gasteiger partial charge on any atom is -0.475 e. The quantitative estimate of drug-likeness (QED) is 0.602. The van der Waals surface area contributed by atoms with E-state index in [1.165, 1.54) is 11.0 Å². The molecule has 0 saturated carbocycles. The number of carboxylic acids is 1. The molecule has 0 radical (unpaired) electrons. The molecule has 1 N–H and O–H groups in total. The van der Waals surface area contributed by atoms with Crippen LogP contribution in [0.1, 0.15) is 28.4 Å². The SMILES string of the molecule is Cc1ccc(CN2CCN(C(=O)OC(C)C(F)(F)F)CC2)c(C(=O)C(=O)O)c1. The Labute approximate surface area is 159 Å². The average molecular weight is 402 g/mol. The highest BCUT2D eigenvalue weighted by atomic mass is 19.4. The standard InChI is InChI=1S/C18H21F3N2O5/c1-11-3-4-13(14(9-11)15(24)16(25)26)10-22-5-7-23(8-6-22)17(27)28-12(2)18(19,20)21/h3-4,9,12H,5-8,10H2,1-2H3,(H,25,26). The number of carbonyl (C=O) groups is 3. The molecule has 1 aromatic carbocycles. The Bertz CT molecular complexity index is 758. The maximum Gasteiger partial charge on any atom is 0.425 e. The van der Waals surface area contributed by atoms with Crippen LogP contribution in [0.4, 0.5) is 18.0 Å². The molecule has 2 rings (SSSR count). The predicted molar refractivity (Wildman–Crippen MR) is 92.0 cm³/mol. The van der Waals surface area contributed by atoms with E-state index in [0.29, 0.717) is 18.7 Å². The number of piperazine rings is 1. The van der Waals surface area contributed by atoms with Crippen molar-refractivity contribution in [1.82, 2.24) is 9.80 Å². The summed E-state index contributed by atoms with van der Waals surface area (Å²) in [7, 11) is 0. The number of nitrogens with zero attached hydrogens (tertiary/aromatic N) is 2. The maximum absolute atomic E-state index is 12.5. The van der Waals surface area contributed by atoms with Crippen molar-refractivity contribution >= 4 is 17.8 Å². The van der Waals surface area contributed by atoms with Crippen molar-refractivity contribution in [3.63, 3.8) is 0 Å². The number of carboxylic acid groups (broad SMARTS) is 1. The first-order chi connectivity index (χ1) is 13.0. The summed E-state index contributed by atoms with van der Waals surface area (Å²) >= 11 is 0. The number of aryl methyl sites for hydroxylation is 1. The number of hydrogen-bond acceptors (Lipinski definition) is 5. The van der Waals surface area contributed by atoms with E-state index in [1.54, 1.807) is 19.1 Å². The van der Waals surface area contributed by atoms with Crippen LogP contribution in [0.3, 0.4) is 0 Å². The third kappa shape index (κ3) is 5.44. The third-order valence-electron chi connectivity index (χ3n) is 4.47. The molecule has 1 aliphatic rings. The Kier molecular flexibility index (Phi) is 6.65. The first kappa shape index (κ1) is 21.7. The van der Waals surface area contributed by atoms with Gasteiger partial charge in [0.2, 0.25) is 0 Å². The lowest BCUT2D eigenvalue weighted by atomic mass is 10.00. The van der Waals surface area contributed by atoms with Crippen molar-refractivity contribution in [3.8, 4) is 0 Å². The van der Waals surface area contributed by atoms with Crippen molar-refractivity contribution in [2.45, 2.75) is 32.7 Å². The monoisotopic (exact) mass is 402 g/mol. The number of benzene rings is 1. The highest BCUT2D eigenvalue weighted by Crippen LogP contribution is 2.23. The van der Waals surface area contributed by atoms with E-state index in [2.05, 4.69) is 4.74 Å². The van der Waals surface area contributed by atoms with Gasteiger partial charge in [-0.15, -0.1) is 0 Å². The zero-order valence-electron chi connectivity index (χ0n) is 15.5. The summed E-state index contributed by atoms with van der Waals surface area (Å²) in [6, 6.07) is 4.95. The summed E-state index contributed by atoms with van der Waals surface area (Å²) < 4.78 is 41.9. The minimum absolute atomic E-state index is 0.105. The van der Waals surface area contributed by atoms with Gasteiger partial charge in [-0.2, -0.15) is 13.2 Å². The van der Waals surface area contributed by atoms with Gasteiger partial charge in [0.05, 0.1) is 0 Å². The van der Waals surface area contributed by atoms with E-state index >= 15 is 0 Å². The van der Waals surface area contributed by atoms with Gasteiger partial charge in [-0.25, -0.2) is 9.59 Å². The number of Topliss-reactive ketones (excluding diaryl/α,β-unsaturated/α-hetero) is 1. The molecular weight excluding hydrogens is 381 g/mol. The average Bonchev–Trinajstić information content (AvgIpc) is 2.62. The number of rotatable bonds is 5. The lowest BCUT2D eigenvalue weighted by Crippen LogP contribution is -2.49. The molecule has 1 atom stereocenters. The maximum atomic E-state index is 12.5. The van der Waals surface area contributed by atoms with Crippen LogP contribution in [0.2, 0.25) is 0 Å². The lowest BCUT2D eigenvalue weighted by molar-refractivity contribution is -0.200. The first-order valence-corrected chi connectivity index (χ1v) is 8.61. The second kappa shape index (κ2) is 8.59. The molecular formula is C18H21F3N2O5. The minimum atomic E-state index is -4.62. The van der Waals surface area contributed by atoms with Crippen molar-refractivity contribution in [2.24, 2.45) is 0 Å². The Hall–Kier alpha value is -2.62. The van der Waals surface area contributed by atoms with Crippen LogP contribution in [0.15, 0.2) is 18.2 Å². The Balaban J connectivity index is 1.97. The fourth-order valence-electron chi connectivity index (χ4n) is 2.78. The summed E-state index contributed by atoms with van der Waals surface area (Å²) in [5, 5.41) is 8.98. The van der Waals surface area contributed by atoms with Crippen LogP contribution in [-0.4, -0.2) is 71.2 Å². The summed E-state index contributed by atoms with van der Waals surface area (Å²) in [4.78, 5) is 37.9. The van der Waals surface area contributed by atoms with Gasteiger partial charge in [0.25, 0.3) is 5.78 Å². The lowest BCUT2D eigenvalue weighted by Gasteiger charge is -2.35. The van der Waals surface area contributed by atoms with Gasteiger partial charge in [0.15, 0.2) is 6.10 Å². The summed E-state index contributed by atoms with van der Waals surface area (Å²) in [6.07, 6.45) is -7.83. The van der Waals surface area contributed by atoms with Crippen molar-refractivity contribution < 1.29 is 37.4 Å². The number of ketones is 1. The normalized spacial score (nSPS) is 16.5. The number of ether oxygens (including phenoxy) is 1. The van der Waals surface area contributed by atoms with Crippen LogP contribution >= 0.6 is 0 Å². The van der Waals surface area contributed by atoms with Crippen molar-refractivity contribution in [1.29, 1.82) is 0 Å². The molecule has 1 saturated heterocycles. The van der Waals surface area contributed by atoms with Gasteiger partial charge >= 0.3 is 18.2 Å². The number of hydrogen-bond donors (Lipinski definition) is 1. The number of amides is 1. The van der Waals surface area contributed by atoms with Crippen LogP contribution < -0.4 is 0 Å². The molecule has 0 aliphatic carbocycles. The highest BCUT2D eigenvalue weighted by Gasteiger charge is 2.40. The van der Waals surface area contributed by atoms with E-state index in [4.69, 9.17) is 5.11 Å². The number of halogens is 3. The predicted octanol–water partition coefficient (Wildman–Crippen LogP) is 2.47. The second-order valence-electron chi connectivity index (χ2n) is 6.63. The van der Waals surface area contributed by atoms with E-state index in [-0.39, 0.29) is 25.2 Å². The van der Waals surface area contributed by atoms with Crippen LogP contribution in [-0.2, 0) is 16.1 Å². The molecule has 7 nitrogen and oxygen atoms in total. The molecule has 0 bridgehead atoms. The second-order valence-corrected chi connectivity index (χ2v) is 6.63. The van der Waals surface area contributed by atoms with E-state index in [0.717, 1.165) is 12.5 Å². The number of alkyl halides is 3. The van der Waals surface area contributed by atoms with E-state index in [1.807, 2.05) is 4.90 Å². The molecule has 1 heterocycles. The van der Waals surface area contributed by atoms with Gasteiger partial charge in [0.1, 0.15) is 0 Å². The smallest absolute Gasteiger partial charge is 0.425 e. The van der Waals surface area contributed by atoms with Gasteiger partial charge in [-0.3, -0.25) is 9.69 Å². The Morgan fingerprint density at radius 3 is 2.32 bits per heavy atom.